The van der Waals surface area contributed by atoms with Crippen molar-refractivity contribution in [3.8, 4) is 0 Å². The summed E-state index contributed by atoms with van der Waals surface area (Å²) in [6.45, 7) is 2.23. The zero-order valence-electron chi connectivity index (χ0n) is 6.75. The van der Waals surface area contributed by atoms with Gasteiger partial charge in [0.15, 0.2) is 0 Å². The molecule has 0 spiro atoms. The van der Waals surface area contributed by atoms with Gasteiger partial charge in [-0.15, -0.1) is 0 Å². The van der Waals surface area contributed by atoms with E-state index in [0.29, 0.717) is 11.8 Å². The molecule has 2 fully saturated rings. The summed E-state index contributed by atoms with van der Waals surface area (Å²) in [4.78, 5) is 10.7. The molecule has 2 heteroatoms. The standard InChI is InChI=1S/C9H15NO/c11-6-8-3-1-2-7-4-10-5-9(7)8/h6-10H,1-5H2. The molecule has 0 amide bonds. The second-order valence-corrected chi connectivity index (χ2v) is 3.81. The van der Waals surface area contributed by atoms with Crippen molar-refractivity contribution >= 4 is 6.29 Å². The molecular weight excluding hydrogens is 138 g/mol. The lowest BCUT2D eigenvalue weighted by molar-refractivity contribution is -0.113. The minimum absolute atomic E-state index is 0.365. The second kappa shape index (κ2) is 2.94. The quantitative estimate of drug-likeness (QED) is 0.565. The number of carbonyl (C=O) groups is 1. The third-order valence-electron chi connectivity index (χ3n) is 3.23. The van der Waals surface area contributed by atoms with Crippen LogP contribution in [0.4, 0.5) is 0 Å². The predicted octanol–water partition coefficient (Wildman–Crippen LogP) is 0.821. The van der Waals surface area contributed by atoms with Crippen LogP contribution >= 0.6 is 0 Å². The van der Waals surface area contributed by atoms with Gasteiger partial charge in [-0.3, -0.25) is 0 Å². The van der Waals surface area contributed by atoms with E-state index >= 15 is 0 Å². The molecule has 1 N–H and O–H groups in total. The second-order valence-electron chi connectivity index (χ2n) is 3.81. The zero-order chi connectivity index (χ0) is 7.68. The van der Waals surface area contributed by atoms with Gasteiger partial charge >= 0.3 is 0 Å². The fourth-order valence-corrected chi connectivity index (χ4v) is 2.57. The third-order valence-corrected chi connectivity index (χ3v) is 3.23. The Hall–Kier alpha value is -0.370. The van der Waals surface area contributed by atoms with Crippen LogP contribution in [0.15, 0.2) is 0 Å². The van der Waals surface area contributed by atoms with Crippen LogP contribution in [0.5, 0.6) is 0 Å². The predicted molar refractivity (Wildman–Crippen MR) is 43.3 cm³/mol. The molecule has 1 aliphatic heterocycles. The molecule has 1 heterocycles. The van der Waals surface area contributed by atoms with Crippen LogP contribution in [0.25, 0.3) is 0 Å². The zero-order valence-corrected chi connectivity index (χ0v) is 6.75. The van der Waals surface area contributed by atoms with Crippen molar-refractivity contribution in [2.45, 2.75) is 19.3 Å². The average molecular weight is 153 g/mol. The molecule has 1 aliphatic carbocycles. The van der Waals surface area contributed by atoms with Gasteiger partial charge in [-0.25, -0.2) is 0 Å². The summed E-state index contributed by atoms with van der Waals surface area (Å²) in [5.74, 6) is 1.84. The third kappa shape index (κ3) is 1.20. The number of hydrogen-bond donors (Lipinski definition) is 1. The van der Waals surface area contributed by atoms with Gasteiger partial charge in [0.25, 0.3) is 0 Å². The summed E-state index contributed by atoms with van der Waals surface area (Å²) in [5.41, 5.74) is 0. The number of nitrogens with one attached hydrogen (secondary N) is 1. The SMILES string of the molecule is O=CC1CCCC2CNCC12. The first-order chi connectivity index (χ1) is 5.42. The molecule has 2 nitrogen and oxygen atoms in total. The summed E-state index contributed by atoms with van der Waals surface area (Å²) in [5, 5.41) is 3.37. The number of rotatable bonds is 1. The minimum Gasteiger partial charge on any atom is -0.316 e. The summed E-state index contributed by atoms with van der Waals surface area (Å²) in [7, 11) is 0. The van der Waals surface area contributed by atoms with Crippen molar-refractivity contribution in [1.82, 2.24) is 5.32 Å². The van der Waals surface area contributed by atoms with Crippen molar-refractivity contribution < 1.29 is 4.79 Å². The van der Waals surface area contributed by atoms with Crippen LogP contribution in [0, 0.1) is 17.8 Å². The van der Waals surface area contributed by atoms with E-state index in [1.807, 2.05) is 0 Å². The number of hydrogen-bond acceptors (Lipinski definition) is 2. The molecule has 2 rings (SSSR count). The molecule has 3 unspecified atom stereocenters. The molecule has 0 bridgehead atoms. The highest BCUT2D eigenvalue weighted by atomic mass is 16.1. The van der Waals surface area contributed by atoms with Gasteiger partial charge in [0, 0.05) is 5.92 Å². The molecule has 0 aromatic carbocycles. The molecule has 0 aromatic rings. The Morgan fingerprint density at radius 3 is 3.00 bits per heavy atom. The first-order valence-corrected chi connectivity index (χ1v) is 4.58. The Labute approximate surface area is 67.4 Å². The minimum atomic E-state index is 0.365. The lowest BCUT2D eigenvalue weighted by Gasteiger charge is -2.29. The highest BCUT2D eigenvalue weighted by Gasteiger charge is 2.35. The monoisotopic (exact) mass is 153 g/mol. The van der Waals surface area contributed by atoms with Gasteiger partial charge in [-0.2, -0.15) is 0 Å². The molecule has 3 atom stereocenters. The van der Waals surface area contributed by atoms with E-state index in [4.69, 9.17) is 0 Å². The van der Waals surface area contributed by atoms with Crippen molar-refractivity contribution in [3.63, 3.8) is 0 Å². The summed E-state index contributed by atoms with van der Waals surface area (Å²) in [6, 6.07) is 0. The first kappa shape index (κ1) is 7.29. The van der Waals surface area contributed by atoms with E-state index in [2.05, 4.69) is 5.32 Å². The number of aldehydes is 1. The van der Waals surface area contributed by atoms with Gasteiger partial charge in [-0.1, -0.05) is 6.42 Å². The Morgan fingerprint density at radius 1 is 1.27 bits per heavy atom. The van der Waals surface area contributed by atoms with Crippen molar-refractivity contribution in [3.05, 3.63) is 0 Å². The van der Waals surface area contributed by atoms with E-state index in [1.165, 1.54) is 19.1 Å². The maximum atomic E-state index is 10.7. The molecule has 62 valence electrons. The fraction of sp³-hybridized carbons (Fsp3) is 0.889. The van der Waals surface area contributed by atoms with Crippen molar-refractivity contribution in [2.24, 2.45) is 17.8 Å². The molecule has 2 aliphatic rings. The van der Waals surface area contributed by atoms with Crippen LogP contribution in [-0.4, -0.2) is 19.4 Å². The number of fused-ring (bicyclic) bond motifs is 1. The molecule has 0 radical (unpaired) electrons. The van der Waals surface area contributed by atoms with Crippen LogP contribution in [0.3, 0.4) is 0 Å². The summed E-state index contributed by atoms with van der Waals surface area (Å²) < 4.78 is 0. The molecule has 1 saturated heterocycles. The maximum absolute atomic E-state index is 10.7. The molecule has 1 saturated carbocycles. The molecular formula is C9H15NO. The van der Waals surface area contributed by atoms with E-state index in [1.54, 1.807) is 0 Å². The first-order valence-electron chi connectivity index (χ1n) is 4.58. The van der Waals surface area contributed by atoms with E-state index < -0.39 is 0 Å². The largest absolute Gasteiger partial charge is 0.316 e. The molecule has 11 heavy (non-hydrogen) atoms. The van der Waals surface area contributed by atoms with E-state index in [9.17, 15) is 4.79 Å². The van der Waals surface area contributed by atoms with E-state index in [0.717, 1.165) is 25.4 Å². The Bertz CT molecular complexity index is 158. The van der Waals surface area contributed by atoms with Gasteiger partial charge in [0.1, 0.15) is 6.29 Å². The lowest BCUT2D eigenvalue weighted by Crippen LogP contribution is -2.27. The van der Waals surface area contributed by atoms with Gasteiger partial charge in [0.05, 0.1) is 0 Å². The average Bonchev–Trinajstić information content (AvgIpc) is 2.50. The van der Waals surface area contributed by atoms with Crippen LogP contribution in [0.2, 0.25) is 0 Å². The van der Waals surface area contributed by atoms with Crippen LogP contribution < -0.4 is 5.32 Å². The molecule has 0 aromatic heterocycles. The smallest absolute Gasteiger partial charge is 0.123 e. The van der Waals surface area contributed by atoms with Crippen molar-refractivity contribution in [1.29, 1.82) is 0 Å². The van der Waals surface area contributed by atoms with E-state index in [-0.39, 0.29) is 0 Å². The highest BCUT2D eigenvalue weighted by Crippen LogP contribution is 2.35. The Morgan fingerprint density at radius 2 is 2.18 bits per heavy atom. The van der Waals surface area contributed by atoms with Gasteiger partial charge < -0.3 is 10.1 Å². The maximum Gasteiger partial charge on any atom is 0.123 e. The topological polar surface area (TPSA) is 29.1 Å². The van der Waals surface area contributed by atoms with Crippen LogP contribution in [0.1, 0.15) is 19.3 Å². The van der Waals surface area contributed by atoms with Crippen LogP contribution in [-0.2, 0) is 4.79 Å². The lowest BCUT2D eigenvalue weighted by atomic mass is 9.75. The van der Waals surface area contributed by atoms with Gasteiger partial charge in [0.2, 0.25) is 0 Å². The fourth-order valence-electron chi connectivity index (χ4n) is 2.57. The Kier molecular flexibility index (Phi) is 1.95. The Balaban J connectivity index is 2.06. The normalized spacial score (nSPS) is 43.5. The number of carbonyl (C=O) groups excluding carboxylic acids is 1. The van der Waals surface area contributed by atoms with Gasteiger partial charge in [-0.05, 0) is 37.8 Å². The summed E-state index contributed by atoms with van der Waals surface area (Å²) in [6.07, 6.45) is 4.89. The highest BCUT2D eigenvalue weighted by molar-refractivity contribution is 5.54. The summed E-state index contributed by atoms with van der Waals surface area (Å²) >= 11 is 0. The van der Waals surface area contributed by atoms with Crippen molar-refractivity contribution in [2.75, 3.05) is 13.1 Å².